The Bertz CT molecular complexity index is 1190. The third kappa shape index (κ3) is 6.67. The molecular weight excluding hydrogens is 452 g/mol. The molecule has 9 nitrogen and oxygen atoms in total. The maximum atomic E-state index is 9.77. The van der Waals surface area contributed by atoms with Crippen molar-refractivity contribution in [3.63, 3.8) is 0 Å². The molecule has 0 amide bonds. The van der Waals surface area contributed by atoms with Crippen molar-refractivity contribution in [3.8, 4) is 17.2 Å². The van der Waals surface area contributed by atoms with Gasteiger partial charge in [-0.3, -0.25) is 0 Å². The Morgan fingerprint density at radius 1 is 1.06 bits per heavy atom. The average Bonchev–Trinajstić information content (AvgIpc) is 3.46. The highest BCUT2D eigenvalue weighted by Gasteiger charge is 2.29. The second kappa shape index (κ2) is 11.6. The van der Waals surface area contributed by atoms with Gasteiger partial charge in [-0.15, -0.1) is 0 Å². The van der Waals surface area contributed by atoms with Crippen molar-refractivity contribution in [1.82, 2.24) is 4.90 Å². The van der Waals surface area contributed by atoms with Crippen molar-refractivity contribution in [3.05, 3.63) is 59.9 Å². The molecule has 3 aromatic rings. The number of furan rings is 1. The van der Waals surface area contributed by atoms with E-state index in [-0.39, 0.29) is 0 Å². The summed E-state index contributed by atoms with van der Waals surface area (Å²) in [5.41, 5.74) is 3.90. The molecule has 35 heavy (non-hydrogen) atoms. The van der Waals surface area contributed by atoms with Crippen LogP contribution >= 0.6 is 0 Å². The fourth-order valence-corrected chi connectivity index (χ4v) is 3.99. The van der Waals surface area contributed by atoms with Gasteiger partial charge >= 0.3 is 11.9 Å². The van der Waals surface area contributed by atoms with E-state index >= 15 is 0 Å². The molecule has 2 aromatic carbocycles. The quantitative estimate of drug-likeness (QED) is 0.399. The molecule has 9 heteroatoms. The van der Waals surface area contributed by atoms with Crippen LogP contribution in [-0.2, 0) is 16.0 Å². The molecule has 0 aliphatic carbocycles. The Morgan fingerprint density at radius 3 is 2.23 bits per heavy atom. The van der Waals surface area contributed by atoms with E-state index in [2.05, 4.69) is 36.1 Å². The number of carboxylic acids is 2. The molecular formula is C26H28N2O7. The summed E-state index contributed by atoms with van der Waals surface area (Å²) in [5, 5.41) is 42.6. The van der Waals surface area contributed by atoms with E-state index in [1.807, 2.05) is 30.3 Å². The number of rotatable bonds is 7. The molecule has 1 aliphatic rings. The Balaban J connectivity index is 0.000000292. The SMILES string of the molecule is C[C@@H]1CCCN1CCc1cc2cc(-c3ccc(C#N)cc3)ccc2o1.O=C(O)[C@H](O)[C@@H](O)C(=O)O. The molecule has 2 heterocycles. The highest BCUT2D eigenvalue weighted by Crippen LogP contribution is 2.27. The van der Waals surface area contributed by atoms with Gasteiger partial charge in [0.25, 0.3) is 0 Å². The van der Waals surface area contributed by atoms with E-state index in [1.54, 1.807) is 0 Å². The second-order valence-electron chi connectivity index (χ2n) is 8.50. The van der Waals surface area contributed by atoms with Gasteiger partial charge in [0, 0.05) is 24.4 Å². The molecule has 184 valence electrons. The number of carboxylic acid groups (broad SMARTS) is 2. The summed E-state index contributed by atoms with van der Waals surface area (Å²) in [7, 11) is 0. The molecule has 0 spiro atoms. The lowest BCUT2D eigenvalue weighted by atomic mass is 10.0. The number of aliphatic hydroxyl groups excluding tert-OH is 2. The summed E-state index contributed by atoms with van der Waals surface area (Å²) < 4.78 is 6.02. The van der Waals surface area contributed by atoms with Crippen LogP contribution in [0.25, 0.3) is 22.1 Å². The van der Waals surface area contributed by atoms with E-state index in [1.165, 1.54) is 19.4 Å². The van der Waals surface area contributed by atoms with Crippen molar-refractivity contribution in [2.24, 2.45) is 0 Å². The van der Waals surface area contributed by atoms with E-state index < -0.39 is 24.1 Å². The first-order valence-corrected chi connectivity index (χ1v) is 11.3. The fourth-order valence-electron chi connectivity index (χ4n) is 3.99. The molecule has 0 bridgehead atoms. The normalized spacial score (nSPS) is 17.3. The Kier molecular flexibility index (Phi) is 8.60. The first-order chi connectivity index (χ1) is 16.7. The third-order valence-electron chi connectivity index (χ3n) is 6.06. The molecule has 3 atom stereocenters. The van der Waals surface area contributed by atoms with E-state index in [0.717, 1.165) is 40.8 Å². The topological polar surface area (TPSA) is 155 Å². The van der Waals surface area contributed by atoms with Crippen LogP contribution in [0.1, 0.15) is 31.1 Å². The van der Waals surface area contributed by atoms with E-state index in [9.17, 15) is 9.59 Å². The van der Waals surface area contributed by atoms with Gasteiger partial charge < -0.3 is 29.7 Å². The Hall–Kier alpha value is -3.71. The minimum absolute atomic E-state index is 0.687. The van der Waals surface area contributed by atoms with Crippen LogP contribution in [0, 0.1) is 11.3 Å². The number of aliphatic carboxylic acids is 2. The largest absolute Gasteiger partial charge is 0.479 e. The number of fused-ring (bicyclic) bond motifs is 1. The van der Waals surface area contributed by atoms with Crippen molar-refractivity contribution >= 4 is 22.9 Å². The number of hydrogen-bond acceptors (Lipinski definition) is 7. The predicted molar refractivity (Wildman–Crippen MR) is 128 cm³/mol. The zero-order valence-electron chi connectivity index (χ0n) is 19.3. The molecule has 0 unspecified atom stereocenters. The van der Waals surface area contributed by atoms with Gasteiger partial charge in [-0.05, 0) is 67.8 Å². The minimum atomic E-state index is -2.27. The van der Waals surface area contributed by atoms with Gasteiger partial charge in [-0.1, -0.05) is 18.2 Å². The molecule has 1 fully saturated rings. The van der Waals surface area contributed by atoms with Crippen molar-refractivity contribution in [1.29, 1.82) is 5.26 Å². The maximum absolute atomic E-state index is 9.77. The summed E-state index contributed by atoms with van der Waals surface area (Å²) >= 11 is 0. The monoisotopic (exact) mass is 480 g/mol. The summed E-state index contributed by atoms with van der Waals surface area (Å²) in [6.07, 6.45) is -0.941. The van der Waals surface area contributed by atoms with Gasteiger partial charge in [-0.2, -0.15) is 5.26 Å². The Morgan fingerprint density at radius 2 is 1.69 bits per heavy atom. The molecule has 1 aromatic heterocycles. The molecule has 0 saturated carbocycles. The summed E-state index contributed by atoms with van der Waals surface area (Å²) in [6, 6.07) is 19.0. The number of benzene rings is 2. The van der Waals surface area contributed by atoms with Crippen LogP contribution in [0.4, 0.5) is 0 Å². The number of nitriles is 1. The van der Waals surface area contributed by atoms with Gasteiger partial charge in [0.15, 0.2) is 12.2 Å². The first-order valence-electron chi connectivity index (χ1n) is 11.3. The number of likely N-dealkylation sites (tertiary alicyclic amines) is 1. The summed E-state index contributed by atoms with van der Waals surface area (Å²) in [5.74, 6) is -2.48. The number of hydrogen-bond donors (Lipinski definition) is 4. The lowest BCUT2D eigenvalue weighted by Gasteiger charge is -2.19. The zero-order valence-corrected chi connectivity index (χ0v) is 19.3. The van der Waals surface area contributed by atoms with Crippen molar-refractivity contribution < 1.29 is 34.4 Å². The van der Waals surface area contributed by atoms with E-state index in [0.29, 0.717) is 11.6 Å². The van der Waals surface area contributed by atoms with Crippen LogP contribution in [0.2, 0.25) is 0 Å². The minimum Gasteiger partial charge on any atom is -0.479 e. The number of carbonyl (C=O) groups is 2. The van der Waals surface area contributed by atoms with Gasteiger partial charge in [0.1, 0.15) is 11.3 Å². The lowest BCUT2D eigenvalue weighted by molar-refractivity contribution is -0.165. The lowest BCUT2D eigenvalue weighted by Crippen LogP contribution is -2.39. The maximum Gasteiger partial charge on any atom is 0.335 e. The zero-order chi connectivity index (χ0) is 25.5. The van der Waals surface area contributed by atoms with Crippen LogP contribution in [0.5, 0.6) is 0 Å². The molecule has 1 saturated heterocycles. The molecule has 4 N–H and O–H groups in total. The highest BCUT2D eigenvalue weighted by molar-refractivity contribution is 5.84. The molecule has 1 aliphatic heterocycles. The Labute approximate surface area is 202 Å². The van der Waals surface area contributed by atoms with Crippen LogP contribution in [0.3, 0.4) is 0 Å². The highest BCUT2D eigenvalue weighted by atomic mass is 16.4. The van der Waals surface area contributed by atoms with Crippen LogP contribution in [0.15, 0.2) is 52.9 Å². The summed E-state index contributed by atoms with van der Waals surface area (Å²) in [6.45, 7) is 4.60. The van der Waals surface area contributed by atoms with Crippen LogP contribution in [-0.4, -0.2) is 68.6 Å². The standard InChI is InChI=1S/C22H22N2O.C4H6O6/c1-16-3-2-11-24(16)12-10-21-14-20-13-19(8-9-22(20)25-21)18-6-4-17(15-23)5-7-18;5-1(3(7)8)2(6)4(9)10/h4-9,13-14,16H,2-3,10-12H2,1H3;1-2,5-6H,(H,7,8)(H,9,10)/t16-;1-,2-/m11/s1. The number of aliphatic hydroxyl groups is 2. The van der Waals surface area contributed by atoms with Crippen molar-refractivity contribution in [2.45, 2.75) is 44.4 Å². The number of nitrogens with zero attached hydrogens (tertiary/aromatic N) is 2. The van der Waals surface area contributed by atoms with E-state index in [4.69, 9.17) is 30.1 Å². The third-order valence-corrected chi connectivity index (χ3v) is 6.06. The molecule has 4 rings (SSSR count). The van der Waals surface area contributed by atoms with Gasteiger partial charge in [0.2, 0.25) is 0 Å². The fraction of sp³-hybridized carbons (Fsp3) is 0.346. The second-order valence-corrected chi connectivity index (χ2v) is 8.50. The smallest absolute Gasteiger partial charge is 0.335 e. The van der Waals surface area contributed by atoms with Gasteiger partial charge in [-0.25, -0.2) is 9.59 Å². The molecule has 0 radical (unpaired) electrons. The van der Waals surface area contributed by atoms with Crippen molar-refractivity contribution in [2.75, 3.05) is 13.1 Å². The summed E-state index contributed by atoms with van der Waals surface area (Å²) in [4.78, 5) is 22.1. The van der Waals surface area contributed by atoms with Gasteiger partial charge in [0.05, 0.1) is 11.6 Å². The predicted octanol–water partition coefficient (Wildman–Crippen LogP) is 2.88. The first kappa shape index (κ1) is 25.9. The van der Waals surface area contributed by atoms with Crippen LogP contribution < -0.4 is 0 Å². The average molecular weight is 481 g/mol.